The summed E-state index contributed by atoms with van der Waals surface area (Å²) < 4.78 is 0. The van der Waals surface area contributed by atoms with Crippen LogP contribution in [-0.4, -0.2) is 62.2 Å². The number of unbranched alkanes of at least 4 members (excludes halogenated alkanes) is 1. The molecular formula is C15H33N3. The standard InChI is InChI=1S/C15H33N3/c1-4-6-8-15(7-5-2)16-9-10-18-13-11-17(3)12-14-18/h15-16H,4-14H2,1-3H3. The number of rotatable bonds is 9. The summed E-state index contributed by atoms with van der Waals surface area (Å²) in [6, 6.07) is 0.752. The predicted octanol–water partition coefficient (Wildman–Crippen LogP) is 2.18. The maximum atomic E-state index is 3.76. The minimum atomic E-state index is 0.752. The summed E-state index contributed by atoms with van der Waals surface area (Å²) in [6.07, 6.45) is 6.68. The van der Waals surface area contributed by atoms with Gasteiger partial charge in [0, 0.05) is 45.3 Å². The first-order valence-electron chi connectivity index (χ1n) is 7.90. The number of nitrogens with one attached hydrogen (secondary N) is 1. The average Bonchev–Trinajstić information content (AvgIpc) is 2.38. The van der Waals surface area contributed by atoms with Crippen molar-refractivity contribution in [2.75, 3.05) is 46.3 Å². The van der Waals surface area contributed by atoms with Gasteiger partial charge in [0.1, 0.15) is 0 Å². The van der Waals surface area contributed by atoms with E-state index in [0.717, 1.165) is 12.6 Å². The molecule has 3 nitrogen and oxygen atoms in total. The Balaban J connectivity index is 2.09. The van der Waals surface area contributed by atoms with Crippen molar-refractivity contribution in [2.24, 2.45) is 0 Å². The summed E-state index contributed by atoms with van der Waals surface area (Å²) in [4.78, 5) is 5.01. The average molecular weight is 255 g/mol. The number of likely N-dealkylation sites (N-methyl/N-ethyl adjacent to an activating group) is 1. The molecule has 0 spiro atoms. The Morgan fingerprint density at radius 1 is 1.00 bits per heavy atom. The van der Waals surface area contributed by atoms with Gasteiger partial charge in [-0.05, 0) is 19.9 Å². The van der Waals surface area contributed by atoms with E-state index in [1.165, 1.54) is 64.8 Å². The Morgan fingerprint density at radius 3 is 2.33 bits per heavy atom. The molecule has 1 saturated heterocycles. The van der Waals surface area contributed by atoms with Crippen molar-refractivity contribution in [3.05, 3.63) is 0 Å². The molecule has 1 aliphatic rings. The van der Waals surface area contributed by atoms with Gasteiger partial charge in [-0.2, -0.15) is 0 Å². The molecule has 1 heterocycles. The molecule has 1 N–H and O–H groups in total. The zero-order valence-electron chi connectivity index (χ0n) is 12.7. The molecule has 1 unspecified atom stereocenters. The lowest BCUT2D eigenvalue weighted by molar-refractivity contribution is 0.153. The van der Waals surface area contributed by atoms with E-state index in [2.05, 4.69) is 36.0 Å². The highest BCUT2D eigenvalue weighted by atomic mass is 15.2. The van der Waals surface area contributed by atoms with Crippen LogP contribution in [0.25, 0.3) is 0 Å². The van der Waals surface area contributed by atoms with E-state index in [1.807, 2.05) is 0 Å². The van der Waals surface area contributed by atoms with E-state index in [9.17, 15) is 0 Å². The van der Waals surface area contributed by atoms with Gasteiger partial charge < -0.3 is 10.2 Å². The Labute approximate surface area is 114 Å². The van der Waals surface area contributed by atoms with Crippen LogP contribution in [-0.2, 0) is 0 Å². The fourth-order valence-electron chi connectivity index (χ4n) is 2.65. The Kier molecular flexibility index (Phi) is 8.64. The zero-order valence-corrected chi connectivity index (χ0v) is 12.7. The molecule has 0 aromatic rings. The summed E-state index contributed by atoms with van der Waals surface area (Å²) in [5.74, 6) is 0. The van der Waals surface area contributed by atoms with Crippen LogP contribution in [0.15, 0.2) is 0 Å². The highest BCUT2D eigenvalue weighted by molar-refractivity contribution is 4.72. The van der Waals surface area contributed by atoms with Gasteiger partial charge in [0.2, 0.25) is 0 Å². The molecule has 0 aliphatic carbocycles. The largest absolute Gasteiger partial charge is 0.313 e. The number of piperazine rings is 1. The SMILES string of the molecule is CCCCC(CCC)NCCN1CCN(C)CC1. The third-order valence-electron chi connectivity index (χ3n) is 4.00. The van der Waals surface area contributed by atoms with Crippen molar-refractivity contribution in [1.82, 2.24) is 15.1 Å². The van der Waals surface area contributed by atoms with Crippen LogP contribution in [0.4, 0.5) is 0 Å². The molecule has 0 saturated carbocycles. The van der Waals surface area contributed by atoms with Gasteiger partial charge in [-0.25, -0.2) is 0 Å². The second-order valence-corrected chi connectivity index (χ2v) is 5.73. The molecule has 0 aromatic carbocycles. The van der Waals surface area contributed by atoms with Crippen LogP contribution in [0.5, 0.6) is 0 Å². The third kappa shape index (κ3) is 6.72. The minimum absolute atomic E-state index is 0.752. The lowest BCUT2D eigenvalue weighted by atomic mass is 10.1. The molecular weight excluding hydrogens is 222 g/mol. The lowest BCUT2D eigenvalue weighted by Gasteiger charge is -2.32. The molecule has 0 amide bonds. The van der Waals surface area contributed by atoms with Crippen molar-refractivity contribution in [2.45, 2.75) is 52.0 Å². The molecule has 1 aliphatic heterocycles. The van der Waals surface area contributed by atoms with Crippen molar-refractivity contribution >= 4 is 0 Å². The molecule has 18 heavy (non-hydrogen) atoms. The smallest absolute Gasteiger partial charge is 0.0110 e. The van der Waals surface area contributed by atoms with Crippen LogP contribution in [0.1, 0.15) is 46.0 Å². The number of nitrogens with zero attached hydrogens (tertiary/aromatic N) is 2. The minimum Gasteiger partial charge on any atom is -0.313 e. The summed E-state index contributed by atoms with van der Waals surface area (Å²) in [6.45, 7) is 11.9. The van der Waals surface area contributed by atoms with Crippen molar-refractivity contribution < 1.29 is 0 Å². The first kappa shape index (κ1) is 15.9. The molecule has 3 heteroatoms. The first-order valence-corrected chi connectivity index (χ1v) is 7.90. The topological polar surface area (TPSA) is 18.5 Å². The van der Waals surface area contributed by atoms with Gasteiger partial charge >= 0.3 is 0 Å². The number of hydrogen-bond acceptors (Lipinski definition) is 3. The Bertz CT molecular complexity index is 188. The van der Waals surface area contributed by atoms with Crippen LogP contribution in [0.2, 0.25) is 0 Å². The van der Waals surface area contributed by atoms with Crippen LogP contribution < -0.4 is 5.32 Å². The maximum Gasteiger partial charge on any atom is 0.0110 e. The zero-order chi connectivity index (χ0) is 13.2. The van der Waals surface area contributed by atoms with Gasteiger partial charge in [0.15, 0.2) is 0 Å². The fourth-order valence-corrected chi connectivity index (χ4v) is 2.65. The van der Waals surface area contributed by atoms with Crippen LogP contribution >= 0.6 is 0 Å². The van der Waals surface area contributed by atoms with Gasteiger partial charge in [-0.1, -0.05) is 33.1 Å². The highest BCUT2D eigenvalue weighted by Gasteiger charge is 2.13. The van der Waals surface area contributed by atoms with E-state index in [0.29, 0.717) is 0 Å². The Morgan fingerprint density at radius 2 is 1.72 bits per heavy atom. The monoisotopic (exact) mass is 255 g/mol. The van der Waals surface area contributed by atoms with E-state index in [4.69, 9.17) is 0 Å². The number of hydrogen-bond donors (Lipinski definition) is 1. The van der Waals surface area contributed by atoms with Gasteiger partial charge in [0.05, 0.1) is 0 Å². The van der Waals surface area contributed by atoms with E-state index < -0.39 is 0 Å². The third-order valence-corrected chi connectivity index (χ3v) is 4.00. The molecule has 1 atom stereocenters. The molecule has 0 radical (unpaired) electrons. The second kappa shape index (κ2) is 9.76. The van der Waals surface area contributed by atoms with Crippen molar-refractivity contribution in [3.63, 3.8) is 0 Å². The molecule has 1 rings (SSSR count). The van der Waals surface area contributed by atoms with Crippen molar-refractivity contribution in [3.8, 4) is 0 Å². The maximum absolute atomic E-state index is 3.76. The first-order chi connectivity index (χ1) is 8.76. The summed E-state index contributed by atoms with van der Waals surface area (Å²) in [7, 11) is 2.22. The summed E-state index contributed by atoms with van der Waals surface area (Å²) in [5, 5.41) is 3.76. The molecule has 0 aromatic heterocycles. The normalized spacial score (nSPS) is 20.2. The fraction of sp³-hybridized carbons (Fsp3) is 1.00. The van der Waals surface area contributed by atoms with Crippen LogP contribution in [0.3, 0.4) is 0 Å². The van der Waals surface area contributed by atoms with E-state index >= 15 is 0 Å². The molecule has 1 fully saturated rings. The van der Waals surface area contributed by atoms with Gasteiger partial charge in [0.25, 0.3) is 0 Å². The summed E-state index contributed by atoms with van der Waals surface area (Å²) >= 11 is 0. The predicted molar refractivity (Wildman–Crippen MR) is 80.2 cm³/mol. The second-order valence-electron chi connectivity index (χ2n) is 5.73. The van der Waals surface area contributed by atoms with Gasteiger partial charge in [-0.3, -0.25) is 4.90 Å². The van der Waals surface area contributed by atoms with Crippen LogP contribution in [0, 0.1) is 0 Å². The lowest BCUT2D eigenvalue weighted by Crippen LogP contribution is -2.47. The molecule has 108 valence electrons. The van der Waals surface area contributed by atoms with Gasteiger partial charge in [-0.15, -0.1) is 0 Å². The molecule has 0 bridgehead atoms. The Hall–Kier alpha value is -0.120. The van der Waals surface area contributed by atoms with E-state index in [-0.39, 0.29) is 0 Å². The summed E-state index contributed by atoms with van der Waals surface area (Å²) in [5.41, 5.74) is 0. The van der Waals surface area contributed by atoms with E-state index in [1.54, 1.807) is 0 Å². The quantitative estimate of drug-likeness (QED) is 0.681. The van der Waals surface area contributed by atoms with Crippen molar-refractivity contribution in [1.29, 1.82) is 0 Å². The highest BCUT2D eigenvalue weighted by Crippen LogP contribution is 2.06.